The zero-order valence-electron chi connectivity index (χ0n) is 12.5. The van der Waals surface area contributed by atoms with E-state index in [1.54, 1.807) is 6.07 Å². The molecule has 2 heterocycles. The molecular formula is C15H9ClN6O3. The molecule has 0 unspecified atom stereocenters. The quantitative estimate of drug-likeness (QED) is 0.749. The average molecular weight is 357 g/mol. The third kappa shape index (κ3) is 3.54. The molecule has 2 aromatic heterocycles. The van der Waals surface area contributed by atoms with Gasteiger partial charge < -0.3 is 5.32 Å². The van der Waals surface area contributed by atoms with Crippen molar-refractivity contribution in [3.05, 3.63) is 57.8 Å². The summed E-state index contributed by atoms with van der Waals surface area (Å²) < 4.78 is 5.60. The van der Waals surface area contributed by atoms with Crippen LogP contribution < -0.4 is 11.1 Å². The van der Waals surface area contributed by atoms with Crippen molar-refractivity contribution in [3.8, 4) is 17.7 Å². The second-order valence-corrected chi connectivity index (χ2v) is 5.19. The van der Waals surface area contributed by atoms with Crippen molar-refractivity contribution in [1.82, 2.24) is 19.7 Å². The Bertz CT molecular complexity index is 1020. The predicted octanol–water partition coefficient (Wildman–Crippen LogP) is 1.46. The summed E-state index contributed by atoms with van der Waals surface area (Å²) in [7, 11) is 0. The number of aromatic nitrogens is 4. The second kappa shape index (κ2) is 6.94. The molecule has 0 saturated heterocycles. The molecule has 0 atom stereocenters. The van der Waals surface area contributed by atoms with Gasteiger partial charge >= 0.3 is 5.76 Å². The number of benzene rings is 1. The highest BCUT2D eigenvalue weighted by molar-refractivity contribution is 6.32. The van der Waals surface area contributed by atoms with Gasteiger partial charge in [0.25, 0.3) is 0 Å². The van der Waals surface area contributed by atoms with E-state index in [1.165, 1.54) is 30.6 Å². The molecule has 0 aliphatic rings. The summed E-state index contributed by atoms with van der Waals surface area (Å²) in [5, 5.41) is 15.2. The van der Waals surface area contributed by atoms with Crippen LogP contribution in [0.5, 0.6) is 0 Å². The van der Waals surface area contributed by atoms with Crippen molar-refractivity contribution in [3.63, 3.8) is 0 Å². The SMILES string of the molecule is N#Cc1ccc(NC(=O)Cn2c(-c3ncccn3)noc2=O)cc1Cl. The summed E-state index contributed by atoms with van der Waals surface area (Å²) in [6.07, 6.45) is 2.95. The molecule has 124 valence electrons. The highest BCUT2D eigenvalue weighted by atomic mass is 35.5. The molecule has 0 saturated carbocycles. The summed E-state index contributed by atoms with van der Waals surface area (Å²) in [4.78, 5) is 31.9. The van der Waals surface area contributed by atoms with Crippen LogP contribution in [0.25, 0.3) is 11.6 Å². The van der Waals surface area contributed by atoms with Crippen LogP contribution in [0.3, 0.4) is 0 Å². The summed E-state index contributed by atoms with van der Waals surface area (Å²) in [5.41, 5.74) is 0.675. The second-order valence-electron chi connectivity index (χ2n) is 4.79. The normalized spacial score (nSPS) is 10.2. The molecule has 25 heavy (non-hydrogen) atoms. The fourth-order valence-electron chi connectivity index (χ4n) is 2.01. The van der Waals surface area contributed by atoms with Crippen LogP contribution in [-0.2, 0) is 11.3 Å². The number of nitriles is 1. The molecule has 1 N–H and O–H groups in total. The van der Waals surface area contributed by atoms with Gasteiger partial charge in [-0.2, -0.15) is 5.26 Å². The number of carbonyl (C=O) groups excluding carboxylic acids is 1. The maximum atomic E-state index is 12.2. The molecule has 1 amide bonds. The van der Waals surface area contributed by atoms with Crippen LogP contribution in [0, 0.1) is 11.3 Å². The van der Waals surface area contributed by atoms with Crippen molar-refractivity contribution in [2.75, 3.05) is 5.32 Å². The van der Waals surface area contributed by atoms with E-state index in [2.05, 4.69) is 25.0 Å². The van der Waals surface area contributed by atoms with Crippen molar-refractivity contribution in [2.24, 2.45) is 0 Å². The van der Waals surface area contributed by atoms with E-state index in [-0.39, 0.29) is 23.2 Å². The van der Waals surface area contributed by atoms with Crippen LogP contribution in [0.15, 0.2) is 46.0 Å². The number of halogens is 1. The van der Waals surface area contributed by atoms with E-state index in [0.29, 0.717) is 11.3 Å². The number of carbonyl (C=O) groups is 1. The lowest BCUT2D eigenvalue weighted by molar-refractivity contribution is -0.116. The lowest BCUT2D eigenvalue weighted by Crippen LogP contribution is -2.25. The largest absolute Gasteiger partial charge is 0.442 e. The van der Waals surface area contributed by atoms with E-state index in [1.807, 2.05) is 6.07 Å². The maximum absolute atomic E-state index is 12.2. The number of hydrogen-bond acceptors (Lipinski definition) is 7. The van der Waals surface area contributed by atoms with Crippen molar-refractivity contribution >= 4 is 23.2 Å². The summed E-state index contributed by atoms with van der Waals surface area (Å²) in [6.45, 7) is -0.354. The van der Waals surface area contributed by atoms with E-state index in [0.717, 1.165) is 4.57 Å². The molecule has 9 nitrogen and oxygen atoms in total. The zero-order valence-corrected chi connectivity index (χ0v) is 13.3. The molecule has 0 fully saturated rings. The minimum Gasteiger partial charge on any atom is -0.324 e. The van der Waals surface area contributed by atoms with E-state index < -0.39 is 11.7 Å². The highest BCUT2D eigenvalue weighted by Gasteiger charge is 2.18. The first-order valence-corrected chi connectivity index (χ1v) is 7.29. The Morgan fingerprint density at radius 3 is 2.80 bits per heavy atom. The topological polar surface area (TPSA) is 127 Å². The third-order valence-electron chi connectivity index (χ3n) is 3.13. The number of rotatable bonds is 4. The van der Waals surface area contributed by atoms with Gasteiger partial charge in [-0.05, 0) is 24.3 Å². The standard InChI is InChI=1S/C15H9ClN6O3/c16-11-6-10(3-2-9(11)7-17)20-12(23)8-22-14(21-25-15(22)24)13-18-4-1-5-19-13/h1-6H,8H2,(H,20,23). The number of nitrogens with zero attached hydrogens (tertiary/aromatic N) is 5. The minimum absolute atomic E-state index is 0.0404. The van der Waals surface area contributed by atoms with E-state index in [9.17, 15) is 9.59 Å². The van der Waals surface area contributed by atoms with Crippen LogP contribution in [-0.4, -0.2) is 25.6 Å². The van der Waals surface area contributed by atoms with Crippen molar-refractivity contribution in [1.29, 1.82) is 5.26 Å². The van der Waals surface area contributed by atoms with Crippen LogP contribution in [0.4, 0.5) is 5.69 Å². The van der Waals surface area contributed by atoms with Gasteiger partial charge in [0.15, 0.2) is 5.82 Å². The maximum Gasteiger partial charge on any atom is 0.442 e. The highest BCUT2D eigenvalue weighted by Crippen LogP contribution is 2.20. The molecule has 10 heteroatoms. The Balaban J connectivity index is 1.80. The van der Waals surface area contributed by atoms with E-state index >= 15 is 0 Å². The van der Waals surface area contributed by atoms with Crippen molar-refractivity contribution < 1.29 is 9.32 Å². The van der Waals surface area contributed by atoms with Crippen LogP contribution in [0.1, 0.15) is 5.56 Å². The van der Waals surface area contributed by atoms with Crippen molar-refractivity contribution in [2.45, 2.75) is 6.54 Å². The lowest BCUT2D eigenvalue weighted by Gasteiger charge is -2.07. The van der Waals surface area contributed by atoms with Crippen LogP contribution in [0.2, 0.25) is 5.02 Å². The first-order valence-electron chi connectivity index (χ1n) is 6.92. The molecule has 3 aromatic rings. The number of hydrogen-bond donors (Lipinski definition) is 1. The number of nitrogens with one attached hydrogen (secondary N) is 1. The first kappa shape index (κ1) is 16.4. The summed E-state index contributed by atoms with van der Waals surface area (Å²) >= 11 is 5.92. The smallest absolute Gasteiger partial charge is 0.324 e. The fourth-order valence-corrected chi connectivity index (χ4v) is 2.23. The third-order valence-corrected chi connectivity index (χ3v) is 3.44. The number of amides is 1. The van der Waals surface area contributed by atoms with Crippen LogP contribution >= 0.6 is 11.6 Å². The number of anilines is 1. The zero-order chi connectivity index (χ0) is 17.8. The summed E-state index contributed by atoms with van der Waals surface area (Å²) in [5.74, 6) is -1.13. The van der Waals surface area contributed by atoms with Gasteiger partial charge in [-0.25, -0.2) is 19.3 Å². The average Bonchev–Trinajstić information content (AvgIpc) is 2.96. The van der Waals surface area contributed by atoms with Gasteiger partial charge in [0.05, 0.1) is 10.6 Å². The van der Waals surface area contributed by atoms with Gasteiger partial charge in [0.1, 0.15) is 12.6 Å². The van der Waals surface area contributed by atoms with Gasteiger partial charge in [-0.3, -0.25) is 9.32 Å². The molecule has 0 bridgehead atoms. The monoisotopic (exact) mass is 356 g/mol. The predicted molar refractivity (Wildman–Crippen MR) is 86.6 cm³/mol. The molecule has 0 aliphatic carbocycles. The van der Waals surface area contributed by atoms with Gasteiger partial charge in [0, 0.05) is 18.1 Å². The lowest BCUT2D eigenvalue weighted by atomic mass is 10.2. The first-order chi connectivity index (χ1) is 12.1. The fraction of sp³-hybridized carbons (Fsp3) is 0.0667. The Labute approximate surface area is 145 Å². The molecule has 1 aromatic carbocycles. The Kier molecular flexibility index (Phi) is 4.54. The Hall–Kier alpha value is -3.51. The van der Waals surface area contributed by atoms with E-state index in [4.69, 9.17) is 16.9 Å². The van der Waals surface area contributed by atoms with Gasteiger partial charge in [-0.1, -0.05) is 16.8 Å². The Morgan fingerprint density at radius 1 is 1.36 bits per heavy atom. The summed E-state index contributed by atoms with van der Waals surface area (Å²) in [6, 6.07) is 7.97. The molecular weight excluding hydrogens is 348 g/mol. The minimum atomic E-state index is -0.810. The molecule has 0 aliphatic heterocycles. The van der Waals surface area contributed by atoms with Gasteiger partial charge in [0.2, 0.25) is 11.7 Å². The molecule has 0 spiro atoms. The molecule has 0 radical (unpaired) electrons. The molecule has 3 rings (SSSR count). The van der Waals surface area contributed by atoms with Gasteiger partial charge in [-0.15, -0.1) is 0 Å². The Morgan fingerprint density at radius 2 is 2.12 bits per heavy atom.